The van der Waals surface area contributed by atoms with Gasteiger partial charge in [-0.05, 0) is 131 Å². The van der Waals surface area contributed by atoms with E-state index in [1.54, 1.807) is 24.3 Å². The van der Waals surface area contributed by atoms with Crippen molar-refractivity contribution in [2.45, 2.75) is 73.1 Å². The lowest BCUT2D eigenvalue weighted by molar-refractivity contribution is 0.101. The molecule has 2 atom stereocenters. The third-order valence-corrected chi connectivity index (χ3v) is 10.2. The van der Waals surface area contributed by atoms with Gasteiger partial charge in [-0.15, -0.1) is 0 Å². The van der Waals surface area contributed by atoms with Gasteiger partial charge in [-0.25, -0.2) is 0 Å². The summed E-state index contributed by atoms with van der Waals surface area (Å²) >= 11 is 0. The summed E-state index contributed by atoms with van der Waals surface area (Å²) in [5.74, 6) is -3.18. The number of aromatic hydroxyl groups is 4. The molecule has 2 aliphatic rings. The summed E-state index contributed by atoms with van der Waals surface area (Å²) in [4.78, 5) is 28.6. The number of benzene rings is 4. The molecule has 6 rings (SSSR count). The number of phenols is 4. The molecule has 2 unspecified atom stereocenters. The van der Waals surface area contributed by atoms with Crippen LogP contribution in [0.4, 0.5) is 0 Å². The Labute approximate surface area is 310 Å². The normalized spacial score (nSPS) is 15.9. The number of ketones is 2. The van der Waals surface area contributed by atoms with Crippen LogP contribution in [0.1, 0.15) is 125 Å². The number of allylic oxidation sites excluding steroid dienone is 4. The fourth-order valence-electron chi connectivity index (χ4n) is 7.63. The van der Waals surface area contributed by atoms with Crippen LogP contribution in [0.25, 0.3) is 0 Å². The molecule has 4 aromatic carbocycles. The highest BCUT2D eigenvalue weighted by Gasteiger charge is 2.47. The maximum atomic E-state index is 14.3. The minimum absolute atomic E-state index is 0.00104. The molecule has 8 nitrogen and oxygen atoms in total. The van der Waals surface area contributed by atoms with Crippen LogP contribution >= 0.6 is 0 Å². The van der Waals surface area contributed by atoms with Gasteiger partial charge in [0.1, 0.15) is 47.7 Å². The molecule has 0 spiro atoms. The molecule has 0 aromatic heterocycles. The lowest BCUT2D eigenvalue weighted by atomic mass is 9.62. The van der Waals surface area contributed by atoms with Crippen LogP contribution in [-0.2, 0) is 0 Å². The minimum Gasteiger partial charge on any atom is -0.507 e. The molecule has 0 heterocycles. The van der Waals surface area contributed by atoms with Gasteiger partial charge in [0, 0.05) is 24.0 Å². The second-order valence-electron chi connectivity index (χ2n) is 14.6. The molecular weight excluding hydrogens is 668 g/mol. The Morgan fingerprint density at radius 3 is 1.45 bits per heavy atom. The van der Waals surface area contributed by atoms with Gasteiger partial charge >= 0.3 is 0 Å². The van der Waals surface area contributed by atoms with Crippen molar-refractivity contribution in [3.8, 4) is 34.5 Å². The van der Waals surface area contributed by atoms with Gasteiger partial charge < -0.3 is 29.9 Å². The Kier molecular flexibility index (Phi) is 10.3. The van der Waals surface area contributed by atoms with Gasteiger partial charge in [0.25, 0.3) is 0 Å². The molecule has 0 bridgehead atoms. The van der Waals surface area contributed by atoms with Crippen LogP contribution in [-0.4, -0.2) is 45.2 Å². The predicted molar refractivity (Wildman–Crippen MR) is 205 cm³/mol. The Morgan fingerprint density at radius 2 is 1.02 bits per heavy atom. The molecule has 4 N–H and O–H groups in total. The van der Waals surface area contributed by atoms with Gasteiger partial charge in [-0.2, -0.15) is 0 Å². The van der Waals surface area contributed by atoms with Gasteiger partial charge in [-0.3, -0.25) is 9.59 Å². The zero-order chi connectivity index (χ0) is 38.3. The number of hydrogen-bond donors (Lipinski definition) is 4. The van der Waals surface area contributed by atoms with E-state index in [4.69, 9.17) is 9.47 Å². The van der Waals surface area contributed by atoms with Crippen LogP contribution in [0.2, 0.25) is 0 Å². The summed E-state index contributed by atoms with van der Waals surface area (Å²) in [7, 11) is 0. The topological polar surface area (TPSA) is 134 Å². The number of phenolic OH excluding ortho intramolecular Hbond substituents is 4. The lowest BCUT2D eigenvalue weighted by Crippen LogP contribution is -2.31. The Morgan fingerprint density at radius 1 is 0.585 bits per heavy atom. The first-order valence-corrected chi connectivity index (χ1v) is 17.9. The SMILES string of the molecule is CC(C)=CCC/C(C)=C/COc1cc(O)c2c(c1)C(C1c3cc(OCC=C(C)C)cc(O)c3C(=O)c3c(O)ccc(C)c31)c1c(C)ccc(O)c1C2=O. The summed E-state index contributed by atoms with van der Waals surface area (Å²) in [5, 5.41) is 45.6. The van der Waals surface area contributed by atoms with Crippen molar-refractivity contribution in [2.75, 3.05) is 13.2 Å². The summed E-state index contributed by atoms with van der Waals surface area (Å²) in [5.41, 5.74) is 6.77. The van der Waals surface area contributed by atoms with Crippen LogP contribution in [0.15, 0.2) is 83.5 Å². The molecule has 0 radical (unpaired) electrons. The number of aryl methyl sites for hydroxylation is 2. The second kappa shape index (κ2) is 14.7. The van der Waals surface area contributed by atoms with Crippen molar-refractivity contribution < 1.29 is 39.5 Å². The average Bonchev–Trinajstić information content (AvgIpc) is 3.08. The van der Waals surface area contributed by atoms with Crippen molar-refractivity contribution in [3.05, 3.63) is 139 Å². The fourth-order valence-corrected chi connectivity index (χ4v) is 7.63. The molecule has 8 heteroatoms. The molecule has 0 saturated heterocycles. The molecule has 0 fully saturated rings. The van der Waals surface area contributed by atoms with E-state index < -0.39 is 23.4 Å². The van der Waals surface area contributed by atoms with Crippen molar-refractivity contribution >= 4 is 11.6 Å². The summed E-state index contributed by atoms with van der Waals surface area (Å²) in [6.07, 6.45) is 7.85. The third-order valence-electron chi connectivity index (χ3n) is 10.2. The van der Waals surface area contributed by atoms with E-state index in [1.165, 1.54) is 29.8 Å². The smallest absolute Gasteiger partial charge is 0.201 e. The zero-order valence-electron chi connectivity index (χ0n) is 31.3. The summed E-state index contributed by atoms with van der Waals surface area (Å²) in [6, 6.07) is 12.6. The number of ether oxygens (including phenoxy) is 2. The van der Waals surface area contributed by atoms with Crippen LogP contribution in [0, 0.1) is 13.8 Å². The molecule has 4 aromatic rings. The minimum atomic E-state index is -0.806. The molecule has 0 aliphatic heterocycles. The highest BCUT2D eigenvalue weighted by Crippen LogP contribution is 2.57. The van der Waals surface area contributed by atoms with E-state index in [-0.39, 0.29) is 58.5 Å². The van der Waals surface area contributed by atoms with E-state index in [1.807, 2.05) is 46.8 Å². The first-order chi connectivity index (χ1) is 25.2. The number of hydrogen-bond acceptors (Lipinski definition) is 8. The van der Waals surface area contributed by atoms with Crippen LogP contribution < -0.4 is 9.47 Å². The monoisotopic (exact) mass is 714 g/mol. The van der Waals surface area contributed by atoms with E-state index in [9.17, 15) is 30.0 Å². The molecule has 274 valence electrons. The maximum Gasteiger partial charge on any atom is 0.201 e. The van der Waals surface area contributed by atoms with Crippen molar-refractivity contribution in [2.24, 2.45) is 0 Å². The highest BCUT2D eigenvalue weighted by atomic mass is 16.5. The summed E-state index contributed by atoms with van der Waals surface area (Å²) in [6.45, 7) is 14.2. The summed E-state index contributed by atoms with van der Waals surface area (Å²) < 4.78 is 12.2. The molecular formula is C45H46O8. The van der Waals surface area contributed by atoms with Crippen LogP contribution in [0.3, 0.4) is 0 Å². The molecule has 2 aliphatic carbocycles. The van der Waals surface area contributed by atoms with E-state index >= 15 is 0 Å². The number of fused-ring (bicyclic) bond motifs is 4. The van der Waals surface area contributed by atoms with Gasteiger partial charge in [-0.1, -0.05) is 34.9 Å². The van der Waals surface area contributed by atoms with Gasteiger partial charge in [0.15, 0.2) is 0 Å². The number of carbonyl (C=O) groups is 2. The third kappa shape index (κ3) is 6.93. The number of carbonyl (C=O) groups excluding carboxylic acids is 2. The first-order valence-electron chi connectivity index (χ1n) is 17.9. The Bertz CT molecular complexity index is 2250. The standard InChI is InChI=1S/C45H46O8/c1-23(2)9-8-10-25(5)16-18-53-29-20-31-39(35(49)22-29)45(51)43-33(47)14-12-27(7)37(43)41(31)40-30-19-28(52-17-15-24(3)4)21-34(48)38(30)44(50)42-32(46)13-11-26(6)36(40)42/h9,11-16,19-22,40-41,46-49H,8,10,17-18H2,1-7H3/b25-16+. The van der Waals surface area contributed by atoms with Gasteiger partial charge in [0.05, 0.1) is 22.3 Å². The van der Waals surface area contributed by atoms with Gasteiger partial charge in [0.2, 0.25) is 11.6 Å². The zero-order valence-corrected chi connectivity index (χ0v) is 31.3. The maximum absolute atomic E-state index is 14.3. The van der Waals surface area contributed by atoms with Crippen molar-refractivity contribution in [1.82, 2.24) is 0 Å². The van der Waals surface area contributed by atoms with E-state index in [0.717, 1.165) is 24.0 Å². The Balaban J connectivity index is 1.60. The Hall–Kier alpha value is -5.76. The first kappa shape index (κ1) is 37.0. The predicted octanol–water partition coefficient (Wildman–Crippen LogP) is 9.60. The van der Waals surface area contributed by atoms with E-state index in [2.05, 4.69) is 19.9 Å². The number of rotatable bonds is 10. The fraction of sp³-hybridized carbons (Fsp3) is 0.289. The molecule has 53 heavy (non-hydrogen) atoms. The van der Waals surface area contributed by atoms with Crippen LogP contribution in [0.5, 0.6) is 34.5 Å². The molecule has 0 amide bonds. The van der Waals surface area contributed by atoms with E-state index in [0.29, 0.717) is 44.9 Å². The quantitative estimate of drug-likeness (QED) is 0.119. The second-order valence-corrected chi connectivity index (χ2v) is 14.6. The lowest BCUT2D eigenvalue weighted by Gasteiger charge is -2.40. The highest BCUT2D eigenvalue weighted by molar-refractivity contribution is 6.18. The average molecular weight is 715 g/mol. The van der Waals surface area contributed by atoms with Crippen molar-refractivity contribution in [1.29, 1.82) is 0 Å². The largest absolute Gasteiger partial charge is 0.507 e. The molecule has 0 saturated carbocycles. The van der Waals surface area contributed by atoms with Crippen molar-refractivity contribution in [3.63, 3.8) is 0 Å².